The zero-order valence-electron chi connectivity index (χ0n) is 11.5. The van der Waals surface area contributed by atoms with Crippen LogP contribution in [0.1, 0.15) is 12.5 Å². The van der Waals surface area contributed by atoms with Crippen molar-refractivity contribution in [1.29, 1.82) is 0 Å². The van der Waals surface area contributed by atoms with E-state index in [1.807, 2.05) is 0 Å². The second-order valence-corrected chi connectivity index (χ2v) is 5.30. The summed E-state index contributed by atoms with van der Waals surface area (Å²) in [7, 11) is 0. The lowest BCUT2D eigenvalue weighted by molar-refractivity contribution is -0.902. The third kappa shape index (κ3) is 3.58. The molecule has 5 heteroatoms. The van der Waals surface area contributed by atoms with Crippen molar-refractivity contribution in [2.45, 2.75) is 6.92 Å². The molecule has 0 aromatic heterocycles. The Morgan fingerprint density at radius 3 is 2.75 bits per heavy atom. The van der Waals surface area contributed by atoms with Crippen molar-refractivity contribution in [2.75, 3.05) is 32.7 Å². The van der Waals surface area contributed by atoms with Gasteiger partial charge in [-0.1, -0.05) is 17.7 Å². The van der Waals surface area contributed by atoms with Crippen LogP contribution in [0.4, 0.5) is 4.39 Å². The maximum atomic E-state index is 13.6. The van der Waals surface area contributed by atoms with Gasteiger partial charge in [-0.3, -0.25) is 4.79 Å². The summed E-state index contributed by atoms with van der Waals surface area (Å²) in [5.74, 6) is -0.499. The van der Waals surface area contributed by atoms with E-state index in [0.717, 1.165) is 32.7 Å². The lowest BCUT2D eigenvalue weighted by Gasteiger charge is -2.30. The van der Waals surface area contributed by atoms with Gasteiger partial charge < -0.3 is 9.80 Å². The molecule has 0 saturated carbocycles. The summed E-state index contributed by atoms with van der Waals surface area (Å²) in [4.78, 5) is 15.4. The molecule has 1 aliphatic heterocycles. The minimum absolute atomic E-state index is 0.0838. The van der Waals surface area contributed by atoms with Gasteiger partial charge in [-0.15, -0.1) is 0 Å². The van der Waals surface area contributed by atoms with E-state index >= 15 is 0 Å². The number of nitrogens with one attached hydrogen (secondary N) is 1. The van der Waals surface area contributed by atoms with Gasteiger partial charge in [0.25, 0.3) is 0 Å². The molecular weight excluding hydrogens is 279 g/mol. The molecule has 0 aliphatic carbocycles. The Labute approximate surface area is 123 Å². The molecule has 0 spiro atoms. The number of benzene rings is 1. The molecular formula is C15H19ClFN2O+. The predicted octanol–water partition coefficient (Wildman–Crippen LogP) is 1.24. The monoisotopic (exact) mass is 297 g/mol. The van der Waals surface area contributed by atoms with Crippen LogP contribution in [0.3, 0.4) is 0 Å². The summed E-state index contributed by atoms with van der Waals surface area (Å²) in [5, 5.41) is 0.314. The van der Waals surface area contributed by atoms with Crippen LogP contribution in [0.15, 0.2) is 24.3 Å². The molecule has 0 unspecified atom stereocenters. The summed E-state index contributed by atoms with van der Waals surface area (Å²) in [6.07, 6.45) is 2.86. The van der Waals surface area contributed by atoms with Crippen molar-refractivity contribution in [3.63, 3.8) is 0 Å². The number of likely N-dealkylation sites (N-methyl/N-ethyl adjacent to an activating group) is 1. The van der Waals surface area contributed by atoms with E-state index in [-0.39, 0.29) is 11.5 Å². The molecule has 1 heterocycles. The van der Waals surface area contributed by atoms with Crippen LogP contribution in [0.5, 0.6) is 0 Å². The molecule has 1 aromatic rings. The number of hydrogen-bond donors (Lipinski definition) is 1. The van der Waals surface area contributed by atoms with Gasteiger partial charge in [0.2, 0.25) is 5.91 Å². The quantitative estimate of drug-likeness (QED) is 0.834. The lowest BCUT2D eigenvalue weighted by atomic mass is 10.2. The Balaban J connectivity index is 2.00. The van der Waals surface area contributed by atoms with Crippen LogP contribution in [0.2, 0.25) is 5.02 Å². The van der Waals surface area contributed by atoms with Crippen molar-refractivity contribution in [2.24, 2.45) is 0 Å². The number of hydrogen-bond acceptors (Lipinski definition) is 1. The zero-order valence-corrected chi connectivity index (χ0v) is 12.3. The first-order chi connectivity index (χ1) is 9.61. The minimum Gasteiger partial charge on any atom is -0.332 e. The predicted molar refractivity (Wildman–Crippen MR) is 78.3 cm³/mol. The van der Waals surface area contributed by atoms with Crippen LogP contribution < -0.4 is 4.90 Å². The number of amides is 1. The third-order valence-electron chi connectivity index (χ3n) is 3.67. The van der Waals surface area contributed by atoms with Gasteiger partial charge in [0.05, 0.1) is 37.7 Å². The fourth-order valence-electron chi connectivity index (χ4n) is 2.33. The van der Waals surface area contributed by atoms with Gasteiger partial charge >= 0.3 is 0 Å². The largest absolute Gasteiger partial charge is 0.332 e. The van der Waals surface area contributed by atoms with Crippen molar-refractivity contribution >= 4 is 23.6 Å². The maximum absolute atomic E-state index is 13.6. The van der Waals surface area contributed by atoms with E-state index in [2.05, 4.69) is 6.92 Å². The Kier molecular flexibility index (Phi) is 5.15. The first kappa shape index (κ1) is 15.0. The van der Waals surface area contributed by atoms with E-state index in [9.17, 15) is 9.18 Å². The smallest absolute Gasteiger partial charge is 0.246 e. The highest BCUT2D eigenvalue weighted by Gasteiger charge is 2.20. The van der Waals surface area contributed by atoms with Crippen LogP contribution >= 0.6 is 11.6 Å². The Hall–Kier alpha value is -1.39. The number of nitrogens with zero attached hydrogens (tertiary/aromatic N) is 1. The Morgan fingerprint density at radius 2 is 2.15 bits per heavy atom. The van der Waals surface area contributed by atoms with Crippen molar-refractivity contribution < 1.29 is 14.1 Å². The second kappa shape index (κ2) is 6.86. The van der Waals surface area contributed by atoms with Crippen molar-refractivity contribution in [3.05, 3.63) is 40.7 Å². The fourth-order valence-corrected chi connectivity index (χ4v) is 2.55. The molecule has 1 fully saturated rings. The molecule has 1 amide bonds. The number of piperazine rings is 1. The Morgan fingerprint density at radius 1 is 1.45 bits per heavy atom. The summed E-state index contributed by atoms with van der Waals surface area (Å²) in [6, 6.07) is 4.49. The van der Waals surface area contributed by atoms with E-state index in [0.29, 0.717) is 5.02 Å². The normalized spacial score (nSPS) is 16.9. The van der Waals surface area contributed by atoms with Crippen LogP contribution in [0.25, 0.3) is 6.08 Å². The zero-order chi connectivity index (χ0) is 14.5. The number of rotatable bonds is 3. The summed E-state index contributed by atoms with van der Waals surface area (Å²) < 4.78 is 13.6. The van der Waals surface area contributed by atoms with Gasteiger partial charge in [-0.05, 0) is 25.1 Å². The van der Waals surface area contributed by atoms with Gasteiger partial charge in [0.1, 0.15) is 5.82 Å². The summed E-state index contributed by atoms with van der Waals surface area (Å²) in [6.45, 7) is 6.66. The van der Waals surface area contributed by atoms with E-state index in [1.54, 1.807) is 17.0 Å². The maximum Gasteiger partial charge on any atom is 0.246 e. The molecule has 0 bridgehead atoms. The number of quaternary nitrogens is 1. The molecule has 1 aliphatic rings. The average molecular weight is 298 g/mol. The fraction of sp³-hybridized carbons (Fsp3) is 0.400. The second-order valence-electron chi connectivity index (χ2n) is 4.90. The topological polar surface area (TPSA) is 24.8 Å². The molecule has 1 N–H and O–H groups in total. The first-order valence-electron chi connectivity index (χ1n) is 6.86. The van der Waals surface area contributed by atoms with Crippen LogP contribution in [-0.4, -0.2) is 43.5 Å². The third-order valence-corrected chi connectivity index (χ3v) is 4.00. The number of halogens is 2. The standard InChI is InChI=1S/C15H18ClFN2O/c1-2-18-8-10-19(11-9-18)15(20)7-6-12-13(16)4-3-5-14(12)17/h3-7H,2,8-11H2,1H3/p+1/b7-6+. The first-order valence-corrected chi connectivity index (χ1v) is 7.24. The van der Waals surface area contributed by atoms with E-state index in [4.69, 9.17) is 11.6 Å². The lowest BCUT2D eigenvalue weighted by Crippen LogP contribution is -3.14. The van der Waals surface area contributed by atoms with Gasteiger partial charge in [0, 0.05) is 11.6 Å². The molecule has 0 atom stereocenters. The van der Waals surface area contributed by atoms with Crippen LogP contribution in [0, 0.1) is 5.82 Å². The van der Waals surface area contributed by atoms with Crippen molar-refractivity contribution in [3.8, 4) is 0 Å². The molecule has 2 rings (SSSR count). The number of carbonyl (C=O) groups is 1. The summed E-state index contributed by atoms with van der Waals surface area (Å²) >= 11 is 5.92. The molecule has 108 valence electrons. The molecule has 1 saturated heterocycles. The number of carbonyl (C=O) groups excluding carboxylic acids is 1. The molecule has 0 radical (unpaired) electrons. The molecule has 3 nitrogen and oxygen atoms in total. The minimum atomic E-state index is -0.415. The van der Waals surface area contributed by atoms with Gasteiger partial charge in [-0.2, -0.15) is 0 Å². The highest BCUT2D eigenvalue weighted by atomic mass is 35.5. The molecule has 20 heavy (non-hydrogen) atoms. The van der Waals surface area contributed by atoms with E-state index in [1.165, 1.54) is 23.1 Å². The van der Waals surface area contributed by atoms with Crippen molar-refractivity contribution in [1.82, 2.24) is 4.90 Å². The molecule has 1 aromatic carbocycles. The highest BCUT2D eigenvalue weighted by Crippen LogP contribution is 2.20. The van der Waals surface area contributed by atoms with Crippen LogP contribution in [-0.2, 0) is 4.79 Å². The van der Waals surface area contributed by atoms with Gasteiger partial charge in [-0.25, -0.2) is 4.39 Å². The SMILES string of the molecule is CC[NH+]1CCN(C(=O)/C=C/c2c(F)cccc2Cl)CC1. The average Bonchev–Trinajstić information content (AvgIpc) is 2.46. The van der Waals surface area contributed by atoms with E-state index < -0.39 is 5.82 Å². The Bertz CT molecular complexity index is 490. The highest BCUT2D eigenvalue weighted by molar-refractivity contribution is 6.32. The summed E-state index contributed by atoms with van der Waals surface area (Å²) in [5.41, 5.74) is 0.264. The van der Waals surface area contributed by atoms with Gasteiger partial charge in [0.15, 0.2) is 0 Å².